The van der Waals surface area contributed by atoms with Gasteiger partial charge in [0.1, 0.15) is 11.3 Å². The summed E-state index contributed by atoms with van der Waals surface area (Å²) in [5.41, 5.74) is 4.11. The van der Waals surface area contributed by atoms with Gasteiger partial charge < -0.3 is 19.2 Å². The largest absolute Gasteiger partial charge is 0.495 e. The van der Waals surface area contributed by atoms with Gasteiger partial charge in [0.25, 0.3) is 5.91 Å². The summed E-state index contributed by atoms with van der Waals surface area (Å²) in [5.74, 6) is 1.15. The molecule has 0 radical (unpaired) electrons. The number of nitrogens with one attached hydrogen (secondary N) is 2. The highest BCUT2D eigenvalue weighted by Gasteiger charge is 2.17. The number of nitrogens with zero attached hydrogens (tertiary/aromatic N) is 1. The monoisotopic (exact) mass is 543 g/mol. The van der Waals surface area contributed by atoms with E-state index in [-0.39, 0.29) is 26.5 Å². The maximum atomic E-state index is 12.7. The summed E-state index contributed by atoms with van der Waals surface area (Å²) in [4.78, 5) is 17.4. The Balaban J connectivity index is 1.56. The fraction of sp³-hybridized carbons (Fsp3) is 0.192. The van der Waals surface area contributed by atoms with Gasteiger partial charge in [-0.3, -0.25) is 10.1 Å². The zero-order valence-corrected chi connectivity index (χ0v) is 22.3. The molecule has 0 saturated heterocycles. The van der Waals surface area contributed by atoms with Gasteiger partial charge in [0, 0.05) is 11.1 Å². The molecule has 0 bridgehead atoms. The quantitative estimate of drug-likeness (QED) is 0.251. The second-order valence-corrected chi connectivity index (χ2v) is 9.42. The van der Waals surface area contributed by atoms with Crippen LogP contribution < -0.4 is 20.1 Å². The van der Waals surface area contributed by atoms with Gasteiger partial charge in [0.15, 0.2) is 16.4 Å². The minimum absolute atomic E-state index is 0.0534. The number of amides is 1. The molecule has 7 nitrogen and oxygen atoms in total. The Kier molecular flexibility index (Phi) is 7.68. The van der Waals surface area contributed by atoms with E-state index in [1.807, 2.05) is 24.3 Å². The summed E-state index contributed by atoms with van der Waals surface area (Å²) in [5, 5.41) is 6.08. The van der Waals surface area contributed by atoms with Gasteiger partial charge in [-0.05, 0) is 66.2 Å². The molecular formula is C26H23Cl2N3O4S. The number of carbonyl (C=O) groups excluding carboxylic acids is 1. The average molecular weight is 544 g/mol. The smallest absolute Gasteiger partial charge is 0.257 e. The van der Waals surface area contributed by atoms with E-state index in [1.54, 1.807) is 12.1 Å². The Bertz CT molecular complexity index is 1450. The van der Waals surface area contributed by atoms with Crippen molar-refractivity contribution >= 4 is 63.2 Å². The molecule has 4 aromatic rings. The third kappa shape index (κ3) is 5.41. The van der Waals surface area contributed by atoms with Crippen LogP contribution in [0.15, 0.2) is 52.9 Å². The normalized spacial score (nSPS) is 11.0. The number of ether oxygens (including phenoxy) is 2. The fourth-order valence-corrected chi connectivity index (χ4v) is 4.42. The van der Waals surface area contributed by atoms with Gasteiger partial charge in [0.2, 0.25) is 5.89 Å². The molecular weight excluding hydrogens is 521 g/mol. The number of hydrogen-bond acceptors (Lipinski definition) is 6. The Morgan fingerprint density at radius 1 is 1.03 bits per heavy atom. The highest BCUT2D eigenvalue weighted by molar-refractivity contribution is 7.80. The van der Waals surface area contributed by atoms with Crippen LogP contribution in [0.2, 0.25) is 10.0 Å². The predicted octanol–water partition coefficient (Wildman–Crippen LogP) is 7.07. The topological polar surface area (TPSA) is 85.6 Å². The summed E-state index contributed by atoms with van der Waals surface area (Å²) in [7, 11) is 2.98. The van der Waals surface area contributed by atoms with Crippen LogP contribution in [-0.2, 0) is 0 Å². The molecule has 0 aliphatic carbocycles. The average Bonchev–Trinajstić information content (AvgIpc) is 3.27. The van der Waals surface area contributed by atoms with Gasteiger partial charge in [-0.2, -0.15) is 0 Å². The second kappa shape index (κ2) is 10.7. The lowest BCUT2D eigenvalue weighted by Gasteiger charge is -2.14. The first-order chi connectivity index (χ1) is 17.2. The molecule has 0 aliphatic rings. The zero-order valence-electron chi connectivity index (χ0n) is 19.9. The fourth-order valence-electron chi connectivity index (χ4n) is 3.58. The van der Waals surface area contributed by atoms with Crippen molar-refractivity contribution in [3.8, 4) is 23.0 Å². The van der Waals surface area contributed by atoms with E-state index < -0.39 is 5.91 Å². The number of aromatic nitrogens is 1. The number of rotatable bonds is 6. The van der Waals surface area contributed by atoms with Crippen molar-refractivity contribution in [1.82, 2.24) is 10.3 Å². The molecule has 186 valence electrons. The maximum Gasteiger partial charge on any atom is 0.257 e. The van der Waals surface area contributed by atoms with E-state index in [1.165, 1.54) is 31.9 Å². The Hall–Kier alpha value is -3.33. The number of hydrogen-bond donors (Lipinski definition) is 2. The molecule has 0 fully saturated rings. The number of carbonyl (C=O) groups is 1. The number of fused-ring (bicyclic) bond motifs is 1. The number of thiocarbonyl (C=S) groups is 1. The number of oxazole rings is 1. The predicted molar refractivity (Wildman–Crippen MR) is 147 cm³/mol. The summed E-state index contributed by atoms with van der Waals surface area (Å²) in [6, 6.07) is 14.3. The Labute approximate surface area is 223 Å². The first kappa shape index (κ1) is 25.8. The van der Waals surface area contributed by atoms with Crippen LogP contribution in [0.1, 0.15) is 35.7 Å². The SMILES string of the molecule is COc1ccc(-c2nc3cc(C(C)C)ccc3o2)cc1NC(=S)NC(=O)c1cc(Cl)c(OC)c(Cl)c1. The van der Waals surface area contributed by atoms with E-state index in [2.05, 4.69) is 29.5 Å². The van der Waals surface area contributed by atoms with Crippen LogP contribution in [0.5, 0.6) is 11.5 Å². The molecule has 0 spiro atoms. The van der Waals surface area contributed by atoms with Crippen LogP contribution in [0.3, 0.4) is 0 Å². The lowest BCUT2D eigenvalue weighted by Crippen LogP contribution is -2.34. The van der Waals surface area contributed by atoms with Gasteiger partial charge in [0.05, 0.1) is 30.0 Å². The van der Waals surface area contributed by atoms with Crippen molar-refractivity contribution < 1.29 is 18.7 Å². The lowest BCUT2D eigenvalue weighted by atomic mass is 10.0. The van der Waals surface area contributed by atoms with Crippen LogP contribution in [0, 0.1) is 0 Å². The summed E-state index contributed by atoms with van der Waals surface area (Å²) < 4.78 is 16.5. The first-order valence-electron chi connectivity index (χ1n) is 10.9. The minimum atomic E-state index is -0.492. The van der Waals surface area contributed by atoms with Crippen molar-refractivity contribution in [3.05, 3.63) is 69.7 Å². The van der Waals surface area contributed by atoms with Crippen molar-refractivity contribution in [2.45, 2.75) is 19.8 Å². The van der Waals surface area contributed by atoms with Crippen molar-refractivity contribution in [2.75, 3.05) is 19.5 Å². The molecule has 2 N–H and O–H groups in total. The van der Waals surface area contributed by atoms with Crippen LogP contribution >= 0.6 is 35.4 Å². The molecule has 1 aromatic heterocycles. The van der Waals surface area contributed by atoms with E-state index in [0.717, 1.165) is 5.52 Å². The molecule has 10 heteroatoms. The van der Waals surface area contributed by atoms with Gasteiger partial charge in [-0.1, -0.05) is 43.1 Å². The van der Waals surface area contributed by atoms with E-state index in [0.29, 0.717) is 34.4 Å². The molecule has 0 atom stereocenters. The number of anilines is 1. The lowest BCUT2D eigenvalue weighted by molar-refractivity contribution is 0.0977. The summed E-state index contributed by atoms with van der Waals surface area (Å²) >= 11 is 17.6. The first-order valence-corrected chi connectivity index (χ1v) is 12.1. The van der Waals surface area contributed by atoms with Gasteiger partial charge >= 0.3 is 0 Å². The highest BCUT2D eigenvalue weighted by atomic mass is 35.5. The molecule has 0 unspecified atom stereocenters. The maximum absolute atomic E-state index is 12.7. The van der Waals surface area contributed by atoms with Crippen LogP contribution in [-0.4, -0.2) is 30.2 Å². The summed E-state index contributed by atoms with van der Waals surface area (Å²) in [6.07, 6.45) is 0. The third-order valence-corrected chi connectivity index (χ3v) is 6.23. The Morgan fingerprint density at radius 3 is 2.39 bits per heavy atom. The standard InChI is InChI=1S/C26H23Cl2N3O4S/c1-13(2)14-5-8-22-20(11-14)29-25(35-22)15-6-7-21(33-3)19(12-15)30-26(36)31-24(32)16-9-17(27)23(34-4)18(28)10-16/h5-13H,1-4H3,(H2,30,31,32,36). The molecule has 0 aliphatic heterocycles. The molecule has 1 amide bonds. The highest BCUT2D eigenvalue weighted by Crippen LogP contribution is 2.34. The number of halogens is 2. The molecule has 3 aromatic carbocycles. The van der Waals surface area contributed by atoms with Gasteiger partial charge in [-0.15, -0.1) is 0 Å². The van der Waals surface area contributed by atoms with E-state index in [9.17, 15) is 4.79 Å². The molecule has 36 heavy (non-hydrogen) atoms. The zero-order chi connectivity index (χ0) is 26.0. The second-order valence-electron chi connectivity index (χ2n) is 8.20. The Morgan fingerprint density at radius 2 is 1.75 bits per heavy atom. The third-order valence-electron chi connectivity index (χ3n) is 5.46. The van der Waals surface area contributed by atoms with Gasteiger partial charge in [-0.25, -0.2) is 4.98 Å². The van der Waals surface area contributed by atoms with Crippen molar-refractivity contribution in [2.24, 2.45) is 0 Å². The molecule has 0 saturated carbocycles. The minimum Gasteiger partial charge on any atom is -0.495 e. The van der Waals surface area contributed by atoms with E-state index in [4.69, 9.17) is 49.3 Å². The van der Waals surface area contributed by atoms with Crippen molar-refractivity contribution in [1.29, 1.82) is 0 Å². The molecule has 1 heterocycles. The molecule has 4 rings (SSSR count). The summed E-state index contributed by atoms with van der Waals surface area (Å²) in [6.45, 7) is 4.26. The number of methoxy groups -OCH3 is 2. The van der Waals surface area contributed by atoms with Crippen molar-refractivity contribution in [3.63, 3.8) is 0 Å². The van der Waals surface area contributed by atoms with Crippen LogP contribution in [0.25, 0.3) is 22.6 Å². The van der Waals surface area contributed by atoms with E-state index >= 15 is 0 Å². The number of benzene rings is 3. The van der Waals surface area contributed by atoms with Crippen LogP contribution in [0.4, 0.5) is 5.69 Å².